The van der Waals surface area contributed by atoms with Gasteiger partial charge in [0.25, 0.3) is 0 Å². The van der Waals surface area contributed by atoms with Gasteiger partial charge in [0.2, 0.25) is 0 Å². The van der Waals surface area contributed by atoms with Crippen LogP contribution in [0.3, 0.4) is 0 Å². The lowest BCUT2D eigenvalue weighted by molar-refractivity contribution is 0.227. The summed E-state index contributed by atoms with van der Waals surface area (Å²) in [6.45, 7) is 8.01. The van der Waals surface area contributed by atoms with Crippen LogP contribution in [0.1, 0.15) is 40.5 Å². The first-order valence-electron chi connectivity index (χ1n) is 4.97. The minimum atomic E-state index is -0.145. The Morgan fingerprint density at radius 1 is 1.38 bits per heavy atom. The van der Waals surface area contributed by atoms with Crippen LogP contribution in [0.25, 0.3) is 0 Å². The summed E-state index contributed by atoms with van der Waals surface area (Å²) < 4.78 is 0. The van der Waals surface area contributed by atoms with Crippen LogP contribution < -0.4 is 10.6 Å². The van der Waals surface area contributed by atoms with E-state index in [9.17, 15) is 4.79 Å². The van der Waals surface area contributed by atoms with Crippen molar-refractivity contribution in [1.29, 1.82) is 0 Å². The first kappa shape index (κ1) is 10.4. The Hall–Kier alpha value is -0.730. The molecule has 2 N–H and O–H groups in total. The van der Waals surface area contributed by atoms with E-state index < -0.39 is 0 Å². The first-order chi connectivity index (χ1) is 5.88. The van der Waals surface area contributed by atoms with E-state index in [0.29, 0.717) is 12.0 Å². The van der Waals surface area contributed by atoms with Gasteiger partial charge >= 0.3 is 6.03 Å². The fourth-order valence-electron chi connectivity index (χ4n) is 1.30. The van der Waals surface area contributed by atoms with E-state index in [1.165, 1.54) is 12.8 Å². The zero-order valence-corrected chi connectivity index (χ0v) is 8.98. The summed E-state index contributed by atoms with van der Waals surface area (Å²) in [5, 5.41) is 5.83. The maximum absolute atomic E-state index is 11.4. The summed E-state index contributed by atoms with van der Waals surface area (Å²) in [7, 11) is 0. The van der Waals surface area contributed by atoms with E-state index in [1.54, 1.807) is 0 Å². The second-order valence-corrected chi connectivity index (χ2v) is 4.97. The summed E-state index contributed by atoms with van der Waals surface area (Å²) >= 11 is 0. The Labute approximate surface area is 80.3 Å². The molecule has 0 aromatic carbocycles. The molecule has 1 saturated carbocycles. The molecule has 0 radical (unpaired) electrons. The first-order valence-corrected chi connectivity index (χ1v) is 4.97. The molecule has 1 aliphatic rings. The molecule has 0 heterocycles. The number of hydrogen-bond donors (Lipinski definition) is 2. The van der Waals surface area contributed by atoms with Gasteiger partial charge in [-0.3, -0.25) is 0 Å². The second kappa shape index (κ2) is 3.56. The van der Waals surface area contributed by atoms with Crippen LogP contribution in [0.4, 0.5) is 4.79 Å². The maximum Gasteiger partial charge on any atom is 0.315 e. The van der Waals surface area contributed by atoms with Gasteiger partial charge in [0.1, 0.15) is 0 Å². The van der Waals surface area contributed by atoms with Crippen molar-refractivity contribution in [3.05, 3.63) is 0 Å². The van der Waals surface area contributed by atoms with Gasteiger partial charge in [-0.2, -0.15) is 0 Å². The van der Waals surface area contributed by atoms with Gasteiger partial charge in [0, 0.05) is 11.6 Å². The molecular formula is C10H20N2O. The summed E-state index contributed by atoms with van der Waals surface area (Å²) in [5.74, 6) is 0.714. The smallest absolute Gasteiger partial charge is 0.315 e. The van der Waals surface area contributed by atoms with Crippen molar-refractivity contribution in [2.75, 3.05) is 0 Å². The SMILES string of the molecule is CC(NC(=O)NC(C)(C)C)C1CC1. The molecule has 3 heteroatoms. The van der Waals surface area contributed by atoms with Crippen LogP contribution >= 0.6 is 0 Å². The van der Waals surface area contributed by atoms with E-state index in [-0.39, 0.29) is 11.6 Å². The van der Waals surface area contributed by atoms with Gasteiger partial charge in [-0.15, -0.1) is 0 Å². The van der Waals surface area contributed by atoms with Crippen molar-refractivity contribution in [1.82, 2.24) is 10.6 Å². The average molecular weight is 184 g/mol. The zero-order chi connectivity index (χ0) is 10.1. The molecule has 3 nitrogen and oxygen atoms in total. The van der Waals surface area contributed by atoms with E-state index >= 15 is 0 Å². The lowest BCUT2D eigenvalue weighted by atomic mass is 10.1. The Morgan fingerprint density at radius 3 is 2.31 bits per heavy atom. The number of hydrogen-bond acceptors (Lipinski definition) is 1. The molecule has 1 atom stereocenters. The van der Waals surface area contributed by atoms with Crippen LogP contribution in [-0.4, -0.2) is 17.6 Å². The maximum atomic E-state index is 11.4. The molecule has 0 aromatic heterocycles. The van der Waals surface area contributed by atoms with Gasteiger partial charge in [0.15, 0.2) is 0 Å². The molecular weight excluding hydrogens is 164 g/mol. The number of amides is 2. The predicted molar refractivity (Wildman–Crippen MR) is 53.6 cm³/mol. The van der Waals surface area contributed by atoms with Gasteiger partial charge < -0.3 is 10.6 Å². The van der Waals surface area contributed by atoms with Crippen LogP contribution in [0.2, 0.25) is 0 Å². The normalized spacial score (nSPS) is 19.4. The third kappa shape index (κ3) is 4.15. The molecule has 1 rings (SSSR count). The molecule has 0 saturated heterocycles. The molecule has 13 heavy (non-hydrogen) atoms. The topological polar surface area (TPSA) is 41.1 Å². The van der Waals surface area contributed by atoms with Crippen LogP contribution in [0.5, 0.6) is 0 Å². The molecule has 0 spiro atoms. The Balaban J connectivity index is 2.24. The second-order valence-electron chi connectivity index (χ2n) is 4.97. The van der Waals surface area contributed by atoms with E-state index in [2.05, 4.69) is 17.6 Å². The van der Waals surface area contributed by atoms with E-state index in [1.807, 2.05) is 20.8 Å². The van der Waals surface area contributed by atoms with Crippen molar-refractivity contribution >= 4 is 6.03 Å². The predicted octanol–water partition coefficient (Wildman–Crippen LogP) is 1.88. The molecule has 0 aromatic rings. The highest BCUT2D eigenvalue weighted by molar-refractivity contribution is 5.75. The minimum Gasteiger partial charge on any atom is -0.335 e. The largest absolute Gasteiger partial charge is 0.335 e. The monoisotopic (exact) mass is 184 g/mol. The van der Waals surface area contributed by atoms with E-state index in [0.717, 1.165) is 0 Å². The van der Waals surface area contributed by atoms with Crippen molar-refractivity contribution in [2.24, 2.45) is 5.92 Å². The minimum absolute atomic E-state index is 0.0492. The third-order valence-electron chi connectivity index (χ3n) is 2.18. The van der Waals surface area contributed by atoms with Gasteiger partial charge in [-0.05, 0) is 46.5 Å². The summed E-state index contributed by atoms with van der Waals surface area (Å²) in [6.07, 6.45) is 2.52. The number of rotatable bonds is 2. The van der Waals surface area contributed by atoms with Crippen molar-refractivity contribution in [2.45, 2.75) is 52.1 Å². The molecule has 76 valence electrons. The summed E-state index contributed by atoms with van der Waals surface area (Å²) in [4.78, 5) is 11.4. The number of urea groups is 1. The number of carbonyl (C=O) groups excluding carboxylic acids is 1. The molecule has 1 fully saturated rings. The fraction of sp³-hybridized carbons (Fsp3) is 0.900. The number of nitrogens with one attached hydrogen (secondary N) is 2. The average Bonchev–Trinajstić information content (AvgIpc) is 2.60. The summed E-state index contributed by atoms with van der Waals surface area (Å²) in [6, 6.07) is 0.272. The van der Waals surface area contributed by atoms with Crippen molar-refractivity contribution < 1.29 is 4.79 Å². The zero-order valence-electron chi connectivity index (χ0n) is 8.98. The molecule has 0 aliphatic heterocycles. The van der Waals surface area contributed by atoms with Crippen LogP contribution in [0, 0.1) is 5.92 Å². The fourth-order valence-corrected chi connectivity index (χ4v) is 1.30. The molecule has 2 amide bonds. The quantitative estimate of drug-likeness (QED) is 0.676. The summed E-state index contributed by atoms with van der Waals surface area (Å²) in [5.41, 5.74) is -0.145. The third-order valence-corrected chi connectivity index (χ3v) is 2.18. The van der Waals surface area contributed by atoms with Gasteiger partial charge in [-0.1, -0.05) is 0 Å². The highest BCUT2D eigenvalue weighted by Gasteiger charge is 2.29. The van der Waals surface area contributed by atoms with Gasteiger partial charge in [0.05, 0.1) is 0 Å². The molecule has 0 bridgehead atoms. The highest BCUT2D eigenvalue weighted by Crippen LogP contribution is 2.32. The van der Waals surface area contributed by atoms with Crippen molar-refractivity contribution in [3.8, 4) is 0 Å². The Bertz CT molecular complexity index is 192. The molecule has 1 unspecified atom stereocenters. The van der Waals surface area contributed by atoms with Gasteiger partial charge in [-0.25, -0.2) is 4.79 Å². The Kier molecular flexibility index (Phi) is 2.84. The van der Waals surface area contributed by atoms with Crippen LogP contribution in [0.15, 0.2) is 0 Å². The van der Waals surface area contributed by atoms with E-state index in [4.69, 9.17) is 0 Å². The number of carbonyl (C=O) groups is 1. The Morgan fingerprint density at radius 2 is 1.92 bits per heavy atom. The van der Waals surface area contributed by atoms with Crippen LogP contribution in [-0.2, 0) is 0 Å². The standard InChI is InChI=1S/C10H20N2O/c1-7(8-5-6-8)11-9(13)12-10(2,3)4/h7-8H,5-6H2,1-4H3,(H2,11,12,13). The van der Waals surface area contributed by atoms with Crippen molar-refractivity contribution in [3.63, 3.8) is 0 Å². The highest BCUT2D eigenvalue weighted by atomic mass is 16.2. The lowest BCUT2D eigenvalue weighted by Crippen LogP contribution is -2.49. The molecule has 1 aliphatic carbocycles. The lowest BCUT2D eigenvalue weighted by Gasteiger charge is -2.22.